The second kappa shape index (κ2) is 5.21. The van der Waals surface area contributed by atoms with Gasteiger partial charge in [0.1, 0.15) is 12.4 Å². The first-order chi connectivity index (χ1) is 9.66. The Morgan fingerprint density at radius 3 is 2.80 bits per heavy atom. The van der Waals surface area contributed by atoms with E-state index in [0.717, 1.165) is 23.6 Å². The zero-order valence-electron chi connectivity index (χ0n) is 10.8. The van der Waals surface area contributed by atoms with E-state index in [1.165, 1.54) is 12.1 Å². The van der Waals surface area contributed by atoms with E-state index >= 15 is 0 Å². The first kappa shape index (κ1) is 13.1. The van der Waals surface area contributed by atoms with E-state index in [0.29, 0.717) is 12.2 Å². The Morgan fingerprint density at radius 1 is 1.15 bits per heavy atom. The highest BCUT2D eigenvalue weighted by molar-refractivity contribution is 5.44. The normalized spacial score (nSPS) is 17.1. The van der Waals surface area contributed by atoms with E-state index in [4.69, 9.17) is 4.74 Å². The van der Waals surface area contributed by atoms with Crippen LogP contribution in [-0.2, 0) is 13.0 Å². The molecule has 104 valence electrons. The fourth-order valence-electron chi connectivity index (χ4n) is 2.55. The molecule has 1 unspecified atom stereocenters. The molecule has 20 heavy (non-hydrogen) atoms. The van der Waals surface area contributed by atoms with E-state index < -0.39 is 17.7 Å². The molecule has 4 heteroatoms. The van der Waals surface area contributed by atoms with Crippen molar-refractivity contribution in [3.8, 4) is 5.75 Å². The summed E-state index contributed by atoms with van der Waals surface area (Å²) in [4.78, 5) is 0. The smallest absolute Gasteiger partial charge is 0.165 e. The summed E-state index contributed by atoms with van der Waals surface area (Å²) in [6, 6.07) is 9.48. The molecule has 0 fully saturated rings. The first-order valence-electron chi connectivity index (χ1n) is 6.52. The van der Waals surface area contributed by atoms with Crippen molar-refractivity contribution < 1.29 is 18.6 Å². The molecular formula is C16H14F2O2. The number of aliphatic hydroxyl groups excluding tert-OH is 1. The van der Waals surface area contributed by atoms with Gasteiger partial charge in [0.15, 0.2) is 11.6 Å². The van der Waals surface area contributed by atoms with Crippen LogP contribution in [0, 0.1) is 11.6 Å². The number of fused-ring (bicyclic) bond motifs is 1. The number of aliphatic hydroxyl groups is 1. The van der Waals surface area contributed by atoms with Crippen LogP contribution in [0.15, 0.2) is 36.4 Å². The Hall–Kier alpha value is -1.94. The molecule has 0 spiro atoms. The molecule has 1 N–H and O–H groups in total. The lowest BCUT2D eigenvalue weighted by molar-refractivity contribution is 0.180. The van der Waals surface area contributed by atoms with Gasteiger partial charge in [-0.25, -0.2) is 8.78 Å². The van der Waals surface area contributed by atoms with Crippen molar-refractivity contribution in [3.63, 3.8) is 0 Å². The average Bonchev–Trinajstić information content (AvgIpc) is 2.83. The van der Waals surface area contributed by atoms with Gasteiger partial charge < -0.3 is 9.84 Å². The Kier molecular flexibility index (Phi) is 3.40. The van der Waals surface area contributed by atoms with E-state index in [1.807, 2.05) is 6.07 Å². The van der Waals surface area contributed by atoms with Gasteiger partial charge in [-0.3, -0.25) is 0 Å². The predicted molar refractivity (Wildman–Crippen MR) is 70.4 cm³/mol. The molecule has 1 aliphatic rings. The average molecular weight is 276 g/mol. The molecule has 0 heterocycles. The van der Waals surface area contributed by atoms with Crippen LogP contribution < -0.4 is 4.74 Å². The lowest BCUT2D eigenvalue weighted by atomic mass is 10.1. The van der Waals surface area contributed by atoms with Crippen LogP contribution in [0.5, 0.6) is 5.75 Å². The molecule has 0 amide bonds. The predicted octanol–water partition coefficient (Wildman–Crippen LogP) is 3.52. The van der Waals surface area contributed by atoms with Gasteiger partial charge in [-0.1, -0.05) is 24.3 Å². The highest BCUT2D eigenvalue weighted by Crippen LogP contribution is 2.37. The fourth-order valence-corrected chi connectivity index (χ4v) is 2.55. The van der Waals surface area contributed by atoms with Crippen molar-refractivity contribution >= 4 is 0 Å². The number of hydrogen-bond donors (Lipinski definition) is 1. The number of halogens is 2. The summed E-state index contributed by atoms with van der Waals surface area (Å²) in [7, 11) is 0. The van der Waals surface area contributed by atoms with Gasteiger partial charge in [0, 0.05) is 11.1 Å². The summed E-state index contributed by atoms with van der Waals surface area (Å²) >= 11 is 0. The van der Waals surface area contributed by atoms with Crippen molar-refractivity contribution in [1.29, 1.82) is 0 Å². The lowest BCUT2D eigenvalue weighted by Crippen LogP contribution is -2.02. The van der Waals surface area contributed by atoms with E-state index in [9.17, 15) is 13.9 Å². The molecule has 0 aliphatic heterocycles. The first-order valence-corrected chi connectivity index (χ1v) is 6.52. The molecule has 0 bridgehead atoms. The van der Waals surface area contributed by atoms with Crippen LogP contribution in [0.1, 0.15) is 29.2 Å². The quantitative estimate of drug-likeness (QED) is 0.929. The van der Waals surface area contributed by atoms with Crippen molar-refractivity contribution in [1.82, 2.24) is 0 Å². The third-order valence-electron chi connectivity index (χ3n) is 3.61. The fraction of sp³-hybridized carbons (Fsp3) is 0.250. The molecule has 2 aromatic rings. The Balaban J connectivity index is 1.81. The SMILES string of the molecule is OC1CCc2c(OCc3cccc(F)c3F)cccc21. The summed E-state index contributed by atoms with van der Waals surface area (Å²) in [5.41, 5.74) is 2.00. The largest absolute Gasteiger partial charge is 0.489 e. The van der Waals surface area contributed by atoms with E-state index in [1.54, 1.807) is 12.1 Å². The standard InChI is InChI=1S/C16H14F2O2/c17-13-5-1-3-10(16(13)18)9-20-15-6-2-4-11-12(15)7-8-14(11)19/h1-6,14,19H,7-9H2. The van der Waals surface area contributed by atoms with Crippen LogP contribution in [0.2, 0.25) is 0 Å². The Bertz CT molecular complexity index is 640. The van der Waals surface area contributed by atoms with Crippen LogP contribution >= 0.6 is 0 Å². The second-order valence-corrected chi connectivity index (χ2v) is 4.88. The van der Waals surface area contributed by atoms with Crippen LogP contribution in [-0.4, -0.2) is 5.11 Å². The molecule has 1 aliphatic carbocycles. The summed E-state index contributed by atoms with van der Waals surface area (Å²) in [5.74, 6) is -1.12. The summed E-state index contributed by atoms with van der Waals surface area (Å²) in [6.07, 6.45) is 0.946. The molecule has 2 aromatic carbocycles. The van der Waals surface area contributed by atoms with Crippen molar-refractivity contribution in [2.24, 2.45) is 0 Å². The molecule has 1 atom stereocenters. The minimum atomic E-state index is -0.875. The van der Waals surface area contributed by atoms with E-state index in [2.05, 4.69) is 0 Å². The maximum absolute atomic E-state index is 13.5. The zero-order chi connectivity index (χ0) is 14.1. The molecular weight excluding hydrogens is 262 g/mol. The Labute approximate surface area is 115 Å². The zero-order valence-corrected chi connectivity index (χ0v) is 10.8. The monoisotopic (exact) mass is 276 g/mol. The summed E-state index contributed by atoms with van der Waals surface area (Å²) in [5, 5.41) is 9.81. The maximum atomic E-state index is 13.5. The highest BCUT2D eigenvalue weighted by atomic mass is 19.2. The van der Waals surface area contributed by atoms with Gasteiger partial charge in [-0.05, 0) is 30.5 Å². The molecule has 0 radical (unpaired) electrons. The molecule has 0 aromatic heterocycles. The lowest BCUT2D eigenvalue weighted by Gasteiger charge is -2.12. The number of benzene rings is 2. The van der Waals surface area contributed by atoms with Crippen LogP contribution in [0.25, 0.3) is 0 Å². The maximum Gasteiger partial charge on any atom is 0.165 e. The third kappa shape index (κ3) is 2.27. The topological polar surface area (TPSA) is 29.5 Å². The van der Waals surface area contributed by atoms with Gasteiger partial charge in [0.05, 0.1) is 6.10 Å². The van der Waals surface area contributed by atoms with Gasteiger partial charge in [0.25, 0.3) is 0 Å². The van der Waals surface area contributed by atoms with Crippen molar-refractivity contribution in [2.75, 3.05) is 0 Å². The molecule has 0 saturated carbocycles. The highest BCUT2D eigenvalue weighted by Gasteiger charge is 2.23. The number of hydrogen-bond acceptors (Lipinski definition) is 2. The molecule has 2 nitrogen and oxygen atoms in total. The summed E-state index contributed by atoms with van der Waals surface area (Å²) < 4.78 is 32.3. The summed E-state index contributed by atoms with van der Waals surface area (Å²) in [6.45, 7) is -0.0316. The van der Waals surface area contributed by atoms with Crippen LogP contribution in [0.3, 0.4) is 0 Å². The third-order valence-corrected chi connectivity index (χ3v) is 3.61. The minimum Gasteiger partial charge on any atom is -0.489 e. The van der Waals surface area contributed by atoms with Crippen LogP contribution in [0.4, 0.5) is 8.78 Å². The van der Waals surface area contributed by atoms with Crippen molar-refractivity contribution in [2.45, 2.75) is 25.6 Å². The van der Waals surface area contributed by atoms with Gasteiger partial charge in [0.2, 0.25) is 0 Å². The number of ether oxygens (including phenoxy) is 1. The Morgan fingerprint density at radius 2 is 1.95 bits per heavy atom. The minimum absolute atomic E-state index is 0.0316. The second-order valence-electron chi connectivity index (χ2n) is 4.88. The van der Waals surface area contributed by atoms with Gasteiger partial charge in [-0.15, -0.1) is 0 Å². The van der Waals surface area contributed by atoms with E-state index in [-0.39, 0.29) is 12.2 Å². The van der Waals surface area contributed by atoms with Gasteiger partial charge >= 0.3 is 0 Å². The molecule has 0 saturated heterocycles. The van der Waals surface area contributed by atoms with Gasteiger partial charge in [-0.2, -0.15) is 0 Å². The number of rotatable bonds is 3. The van der Waals surface area contributed by atoms with Crippen molar-refractivity contribution in [3.05, 3.63) is 64.7 Å². The molecule has 3 rings (SSSR count).